The van der Waals surface area contributed by atoms with Gasteiger partial charge in [0.05, 0.1) is 0 Å². The van der Waals surface area contributed by atoms with E-state index < -0.39 is 5.97 Å². The number of hydrogen-bond donors (Lipinski definition) is 3. The third kappa shape index (κ3) is 3.56. The second-order valence-corrected chi connectivity index (χ2v) is 3.07. The van der Waals surface area contributed by atoms with E-state index in [0.717, 1.165) is 5.56 Å². The van der Waals surface area contributed by atoms with Gasteiger partial charge < -0.3 is 15.7 Å². The second kappa shape index (κ2) is 5.69. The maximum absolute atomic E-state index is 11.1. The summed E-state index contributed by atoms with van der Waals surface area (Å²) in [6, 6.07) is 2.75. The summed E-state index contributed by atoms with van der Waals surface area (Å²) in [5.74, 6) is -1.07. The number of aromatic nitrogens is 1. The number of amides is 2. The van der Waals surface area contributed by atoms with Gasteiger partial charge in [0.1, 0.15) is 5.69 Å². The van der Waals surface area contributed by atoms with Crippen molar-refractivity contribution in [2.24, 2.45) is 0 Å². The zero-order valence-corrected chi connectivity index (χ0v) is 8.86. The van der Waals surface area contributed by atoms with Gasteiger partial charge in [-0.25, -0.2) is 14.6 Å². The average Bonchev–Trinajstić information content (AvgIpc) is 2.27. The Morgan fingerprint density at radius 3 is 2.62 bits per heavy atom. The van der Waals surface area contributed by atoms with E-state index in [1.807, 2.05) is 6.92 Å². The summed E-state index contributed by atoms with van der Waals surface area (Å²) in [4.78, 5) is 25.3. The van der Waals surface area contributed by atoms with Gasteiger partial charge in [0, 0.05) is 19.3 Å². The van der Waals surface area contributed by atoms with E-state index >= 15 is 0 Å². The van der Waals surface area contributed by atoms with E-state index in [0.29, 0.717) is 13.1 Å². The molecule has 0 spiro atoms. The molecule has 3 N–H and O–H groups in total. The van der Waals surface area contributed by atoms with Crippen molar-refractivity contribution in [2.75, 3.05) is 6.54 Å². The molecule has 1 aromatic heterocycles. The highest BCUT2D eigenvalue weighted by atomic mass is 16.4. The van der Waals surface area contributed by atoms with Crippen molar-refractivity contribution in [3.63, 3.8) is 0 Å². The van der Waals surface area contributed by atoms with Crippen molar-refractivity contribution in [3.05, 3.63) is 29.6 Å². The molecular formula is C10H13N3O3. The van der Waals surface area contributed by atoms with Crippen LogP contribution in [0.15, 0.2) is 18.3 Å². The predicted molar refractivity (Wildman–Crippen MR) is 57.1 cm³/mol. The van der Waals surface area contributed by atoms with Crippen molar-refractivity contribution < 1.29 is 14.7 Å². The highest BCUT2D eigenvalue weighted by molar-refractivity contribution is 5.85. The van der Waals surface area contributed by atoms with Crippen LogP contribution in [0.1, 0.15) is 23.0 Å². The Bertz CT molecular complexity index is 375. The maximum atomic E-state index is 11.1. The standard InChI is InChI=1S/C10H13N3O3/c1-2-11-10(16)13-6-7-3-4-8(9(14)15)12-5-7/h3-5H,2,6H2,1H3,(H,14,15)(H2,11,13,16). The summed E-state index contributed by atoms with van der Waals surface area (Å²) in [6.07, 6.45) is 1.43. The van der Waals surface area contributed by atoms with Gasteiger partial charge in [-0.05, 0) is 18.6 Å². The number of nitrogens with zero attached hydrogens (tertiary/aromatic N) is 1. The number of nitrogens with one attached hydrogen (secondary N) is 2. The number of urea groups is 1. The first-order valence-corrected chi connectivity index (χ1v) is 4.83. The van der Waals surface area contributed by atoms with E-state index in [-0.39, 0.29) is 11.7 Å². The van der Waals surface area contributed by atoms with Gasteiger partial charge in [-0.2, -0.15) is 0 Å². The number of carboxylic acid groups (broad SMARTS) is 1. The van der Waals surface area contributed by atoms with Gasteiger partial charge in [0.15, 0.2) is 0 Å². The lowest BCUT2D eigenvalue weighted by molar-refractivity contribution is 0.0690. The fraction of sp³-hybridized carbons (Fsp3) is 0.300. The quantitative estimate of drug-likeness (QED) is 0.697. The van der Waals surface area contributed by atoms with Crippen LogP contribution in [-0.2, 0) is 6.54 Å². The van der Waals surface area contributed by atoms with E-state index in [2.05, 4.69) is 15.6 Å². The lowest BCUT2D eigenvalue weighted by Gasteiger charge is -2.05. The first-order valence-electron chi connectivity index (χ1n) is 4.83. The van der Waals surface area contributed by atoms with E-state index in [1.54, 1.807) is 6.07 Å². The largest absolute Gasteiger partial charge is 0.477 e. The summed E-state index contributed by atoms with van der Waals surface area (Å²) < 4.78 is 0. The summed E-state index contributed by atoms with van der Waals surface area (Å²) in [5.41, 5.74) is 0.734. The predicted octanol–water partition coefficient (Wildman–Crippen LogP) is 0.599. The first kappa shape index (κ1) is 12.0. The van der Waals surface area contributed by atoms with Gasteiger partial charge in [0.25, 0.3) is 0 Å². The van der Waals surface area contributed by atoms with Crippen LogP contribution in [0.4, 0.5) is 4.79 Å². The minimum atomic E-state index is -1.07. The number of pyridine rings is 1. The lowest BCUT2D eigenvalue weighted by atomic mass is 10.2. The lowest BCUT2D eigenvalue weighted by Crippen LogP contribution is -2.34. The van der Waals surface area contributed by atoms with Crippen LogP contribution in [0, 0.1) is 0 Å². The normalized spacial score (nSPS) is 9.56. The third-order valence-corrected chi connectivity index (χ3v) is 1.83. The Kier molecular flexibility index (Phi) is 4.26. The molecule has 0 bridgehead atoms. The molecule has 0 radical (unpaired) electrons. The maximum Gasteiger partial charge on any atom is 0.354 e. The summed E-state index contributed by atoms with van der Waals surface area (Å²) in [5, 5.41) is 13.8. The smallest absolute Gasteiger partial charge is 0.354 e. The molecule has 0 aromatic carbocycles. The molecule has 1 rings (SSSR count). The zero-order valence-electron chi connectivity index (χ0n) is 8.86. The molecule has 0 aliphatic heterocycles. The number of hydrogen-bond acceptors (Lipinski definition) is 3. The van der Waals surface area contributed by atoms with E-state index in [1.165, 1.54) is 12.3 Å². The number of aromatic carboxylic acids is 1. The molecule has 6 nitrogen and oxygen atoms in total. The fourth-order valence-electron chi connectivity index (χ4n) is 1.06. The fourth-order valence-corrected chi connectivity index (χ4v) is 1.06. The molecule has 0 fully saturated rings. The van der Waals surface area contributed by atoms with Gasteiger partial charge in [0.2, 0.25) is 0 Å². The molecule has 0 saturated heterocycles. The Morgan fingerprint density at radius 1 is 1.38 bits per heavy atom. The molecule has 0 unspecified atom stereocenters. The van der Waals surface area contributed by atoms with Crippen LogP contribution in [0.2, 0.25) is 0 Å². The summed E-state index contributed by atoms with van der Waals surface area (Å²) in [7, 11) is 0. The Labute approximate surface area is 92.7 Å². The van der Waals surface area contributed by atoms with E-state index in [9.17, 15) is 9.59 Å². The molecule has 6 heteroatoms. The summed E-state index contributed by atoms with van der Waals surface area (Å²) >= 11 is 0. The molecule has 0 atom stereocenters. The molecule has 0 saturated carbocycles. The van der Waals surface area contributed by atoms with Crippen LogP contribution in [0.3, 0.4) is 0 Å². The number of carbonyl (C=O) groups is 2. The van der Waals surface area contributed by atoms with Crippen LogP contribution in [-0.4, -0.2) is 28.6 Å². The van der Waals surface area contributed by atoms with Crippen molar-refractivity contribution in [2.45, 2.75) is 13.5 Å². The van der Waals surface area contributed by atoms with Crippen LogP contribution >= 0.6 is 0 Å². The van der Waals surface area contributed by atoms with Crippen molar-refractivity contribution in [3.8, 4) is 0 Å². The molecule has 16 heavy (non-hydrogen) atoms. The third-order valence-electron chi connectivity index (χ3n) is 1.83. The van der Waals surface area contributed by atoms with Gasteiger partial charge >= 0.3 is 12.0 Å². The Hall–Kier alpha value is -2.11. The van der Waals surface area contributed by atoms with Crippen LogP contribution in [0.25, 0.3) is 0 Å². The number of carboxylic acids is 1. The molecule has 1 heterocycles. The molecule has 0 aliphatic carbocycles. The van der Waals surface area contributed by atoms with E-state index in [4.69, 9.17) is 5.11 Å². The molecule has 86 valence electrons. The highest BCUT2D eigenvalue weighted by Crippen LogP contribution is 1.99. The van der Waals surface area contributed by atoms with Crippen molar-refractivity contribution in [1.82, 2.24) is 15.6 Å². The number of carbonyl (C=O) groups excluding carboxylic acids is 1. The van der Waals surface area contributed by atoms with Gasteiger partial charge in [-0.3, -0.25) is 0 Å². The van der Waals surface area contributed by atoms with Gasteiger partial charge in [-0.1, -0.05) is 6.07 Å². The number of rotatable bonds is 4. The van der Waals surface area contributed by atoms with Crippen LogP contribution < -0.4 is 10.6 Å². The van der Waals surface area contributed by atoms with Gasteiger partial charge in [-0.15, -0.1) is 0 Å². The minimum Gasteiger partial charge on any atom is -0.477 e. The topological polar surface area (TPSA) is 91.3 Å². The highest BCUT2D eigenvalue weighted by Gasteiger charge is 2.04. The SMILES string of the molecule is CCNC(=O)NCc1ccc(C(=O)O)nc1. The average molecular weight is 223 g/mol. The molecule has 1 aromatic rings. The van der Waals surface area contributed by atoms with Crippen molar-refractivity contribution >= 4 is 12.0 Å². The second-order valence-electron chi connectivity index (χ2n) is 3.07. The van der Waals surface area contributed by atoms with Crippen molar-refractivity contribution in [1.29, 1.82) is 0 Å². The minimum absolute atomic E-state index is 0.0123. The molecule has 0 aliphatic rings. The molecule has 2 amide bonds. The Morgan fingerprint density at radius 2 is 2.12 bits per heavy atom. The monoisotopic (exact) mass is 223 g/mol. The Balaban J connectivity index is 2.49. The molecular weight excluding hydrogens is 210 g/mol. The summed E-state index contributed by atoms with van der Waals surface area (Å²) in [6.45, 7) is 2.70. The first-order chi connectivity index (χ1) is 7.63. The zero-order chi connectivity index (χ0) is 12.0. The van der Waals surface area contributed by atoms with Crippen LogP contribution in [0.5, 0.6) is 0 Å².